The Hall–Kier alpha value is -1.49. The number of nitrogens with one attached hydrogen (secondary N) is 1. The van der Waals surface area contributed by atoms with Crippen LogP contribution >= 0.6 is 0 Å². The van der Waals surface area contributed by atoms with Gasteiger partial charge in [0.05, 0.1) is 12.1 Å². The van der Waals surface area contributed by atoms with E-state index >= 15 is 0 Å². The number of hydrogen-bond donors (Lipinski definition) is 2. The molecule has 0 bridgehead atoms. The average Bonchev–Trinajstić information content (AvgIpc) is 2.63. The molecule has 0 aliphatic heterocycles. The lowest BCUT2D eigenvalue weighted by molar-refractivity contribution is 0.00738. The molecular weight excluding hydrogens is 205 g/mol. The number of rotatable bonds is 2. The van der Waals surface area contributed by atoms with Crippen molar-refractivity contribution in [3.05, 3.63) is 35.8 Å². The monoisotopic (exact) mass is 214 g/mol. The molecule has 0 unspecified atom stereocenters. The van der Waals surface area contributed by atoms with Gasteiger partial charge in [0, 0.05) is 17.1 Å². The van der Waals surface area contributed by atoms with Crippen molar-refractivity contribution in [2.24, 2.45) is 5.73 Å². The summed E-state index contributed by atoms with van der Waals surface area (Å²) in [6.07, 6.45) is 1.10. The highest BCUT2D eigenvalue weighted by Crippen LogP contribution is 2.33. The van der Waals surface area contributed by atoms with E-state index in [2.05, 4.69) is 4.98 Å². The van der Waals surface area contributed by atoms with Crippen molar-refractivity contribution in [2.75, 3.05) is 6.54 Å². The van der Waals surface area contributed by atoms with Crippen LogP contribution in [0.15, 0.2) is 24.4 Å². The zero-order valence-electron chi connectivity index (χ0n) is 7.73. The van der Waals surface area contributed by atoms with Gasteiger partial charge < -0.3 is 10.7 Å². The van der Waals surface area contributed by atoms with E-state index < -0.39 is 23.8 Å². The molecule has 0 atom stereocenters. The number of fused-ring (bicyclic) bond motifs is 1. The smallest absolute Gasteiger partial charge is 0.287 e. The van der Waals surface area contributed by atoms with E-state index in [1.807, 2.05) is 0 Å². The number of H-pyrrole nitrogens is 1. The molecule has 80 valence electrons. The van der Waals surface area contributed by atoms with E-state index in [0.717, 1.165) is 12.3 Å². The number of hydrogen-bond acceptors (Lipinski definition) is 1. The molecule has 0 spiro atoms. The van der Waals surface area contributed by atoms with Crippen molar-refractivity contribution in [1.29, 1.82) is 0 Å². The Balaban J connectivity index is 2.73. The normalized spacial score (nSPS) is 12.3. The quantitative estimate of drug-likeness (QED) is 0.791. The van der Waals surface area contributed by atoms with Gasteiger partial charge in [-0.1, -0.05) is 6.07 Å². The van der Waals surface area contributed by atoms with Crippen molar-refractivity contribution >= 4 is 10.9 Å². The van der Waals surface area contributed by atoms with Gasteiger partial charge in [0.25, 0.3) is 5.92 Å². The van der Waals surface area contributed by atoms with Crippen molar-refractivity contribution in [3.63, 3.8) is 0 Å². The molecule has 0 aliphatic rings. The first-order valence-electron chi connectivity index (χ1n) is 4.40. The van der Waals surface area contributed by atoms with Crippen LogP contribution in [0.3, 0.4) is 0 Å². The van der Waals surface area contributed by atoms with Gasteiger partial charge in [-0.3, -0.25) is 0 Å². The van der Waals surface area contributed by atoms with E-state index in [1.54, 1.807) is 0 Å². The van der Waals surface area contributed by atoms with Crippen LogP contribution in [0.4, 0.5) is 13.2 Å². The van der Waals surface area contributed by atoms with Crippen LogP contribution in [0.1, 0.15) is 5.56 Å². The van der Waals surface area contributed by atoms with Gasteiger partial charge in [0.1, 0.15) is 5.82 Å². The first kappa shape index (κ1) is 10.0. The number of alkyl halides is 2. The van der Waals surface area contributed by atoms with Gasteiger partial charge >= 0.3 is 0 Å². The minimum Gasteiger partial charge on any atom is -0.361 e. The van der Waals surface area contributed by atoms with Crippen molar-refractivity contribution < 1.29 is 13.2 Å². The van der Waals surface area contributed by atoms with Gasteiger partial charge in [-0.25, -0.2) is 4.39 Å². The van der Waals surface area contributed by atoms with Gasteiger partial charge in [-0.15, -0.1) is 0 Å². The third-order valence-electron chi connectivity index (χ3n) is 2.31. The lowest BCUT2D eigenvalue weighted by Gasteiger charge is -2.12. The molecule has 5 heteroatoms. The standard InChI is InChI=1S/C10H9F3N2/c11-7-2-1-3-8-9(7)6(4-15-8)10(12,13)5-14/h1-4,15H,5,14H2. The summed E-state index contributed by atoms with van der Waals surface area (Å²) >= 11 is 0. The van der Waals surface area contributed by atoms with Crippen LogP contribution in [0, 0.1) is 5.82 Å². The maximum atomic E-state index is 13.4. The molecule has 3 N–H and O–H groups in total. The minimum atomic E-state index is -3.21. The molecule has 1 aromatic carbocycles. The molecule has 1 aromatic heterocycles. The molecule has 2 aromatic rings. The number of benzene rings is 1. The highest BCUT2D eigenvalue weighted by Gasteiger charge is 2.33. The first-order valence-corrected chi connectivity index (χ1v) is 4.40. The summed E-state index contributed by atoms with van der Waals surface area (Å²) in [6.45, 7) is -0.839. The lowest BCUT2D eigenvalue weighted by atomic mass is 10.1. The van der Waals surface area contributed by atoms with Crippen LogP contribution in [0.5, 0.6) is 0 Å². The molecule has 0 saturated carbocycles. The maximum absolute atomic E-state index is 13.4. The first-order chi connectivity index (χ1) is 7.06. The van der Waals surface area contributed by atoms with Crippen LogP contribution in [0.2, 0.25) is 0 Å². The van der Waals surface area contributed by atoms with E-state index in [4.69, 9.17) is 5.73 Å². The minimum absolute atomic E-state index is 0.0899. The van der Waals surface area contributed by atoms with Crippen molar-refractivity contribution in [1.82, 2.24) is 4.98 Å². The number of halogens is 3. The molecule has 0 saturated heterocycles. The number of aromatic amines is 1. The van der Waals surface area contributed by atoms with E-state index in [-0.39, 0.29) is 5.39 Å². The fourth-order valence-electron chi connectivity index (χ4n) is 1.54. The fourth-order valence-corrected chi connectivity index (χ4v) is 1.54. The molecule has 2 rings (SSSR count). The number of nitrogens with two attached hydrogens (primary N) is 1. The van der Waals surface area contributed by atoms with Gasteiger partial charge in [-0.05, 0) is 12.1 Å². The van der Waals surface area contributed by atoms with Gasteiger partial charge in [0.15, 0.2) is 0 Å². The third kappa shape index (κ3) is 1.48. The summed E-state index contributed by atoms with van der Waals surface area (Å²) in [5, 5.41) is -0.0899. The Labute approximate surface area is 83.9 Å². The summed E-state index contributed by atoms with van der Waals surface area (Å²) in [6, 6.07) is 4.14. The maximum Gasteiger partial charge on any atom is 0.287 e. The van der Waals surface area contributed by atoms with Crippen LogP contribution in [0.25, 0.3) is 10.9 Å². The molecule has 0 radical (unpaired) electrons. The molecule has 2 nitrogen and oxygen atoms in total. The molecule has 0 aliphatic carbocycles. The molecule has 0 amide bonds. The van der Waals surface area contributed by atoms with E-state index in [1.165, 1.54) is 12.1 Å². The Morgan fingerprint density at radius 1 is 1.33 bits per heavy atom. The predicted octanol–water partition coefficient (Wildman–Crippen LogP) is 2.36. The van der Waals surface area contributed by atoms with Crippen molar-refractivity contribution in [3.8, 4) is 0 Å². The average molecular weight is 214 g/mol. The highest BCUT2D eigenvalue weighted by molar-refractivity contribution is 5.84. The Bertz CT molecular complexity index is 490. The van der Waals surface area contributed by atoms with Gasteiger partial charge in [0.2, 0.25) is 0 Å². The zero-order chi connectivity index (χ0) is 11.1. The molecule has 15 heavy (non-hydrogen) atoms. The van der Waals surface area contributed by atoms with E-state index in [9.17, 15) is 13.2 Å². The fraction of sp³-hybridized carbons (Fsp3) is 0.200. The van der Waals surface area contributed by atoms with Crippen LogP contribution in [-0.2, 0) is 5.92 Å². The summed E-state index contributed by atoms with van der Waals surface area (Å²) < 4.78 is 40.0. The van der Waals surface area contributed by atoms with Gasteiger partial charge in [-0.2, -0.15) is 8.78 Å². The third-order valence-corrected chi connectivity index (χ3v) is 2.31. The zero-order valence-corrected chi connectivity index (χ0v) is 7.73. The summed E-state index contributed by atoms with van der Waals surface area (Å²) in [7, 11) is 0. The van der Waals surface area contributed by atoms with Crippen LogP contribution < -0.4 is 5.73 Å². The second-order valence-corrected chi connectivity index (χ2v) is 3.27. The summed E-state index contributed by atoms with van der Waals surface area (Å²) in [5.41, 5.74) is 4.91. The second-order valence-electron chi connectivity index (χ2n) is 3.27. The second kappa shape index (κ2) is 3.27. The van der Waals surface area contributed by atoms with Crippen LogP contribution in [-0.4, -0.2) is 11.5 Å². The number of aromatic nitrogens is 1. The van der Waals surface area contributed by atoms with E-state index in [0.29, 0.717) is 5.52 Å². The highest BCUT2D eigenvalue weighted by atomic mass is 19.3. The van der Waals surface area contributed by atoms with Crippen molar-refractivity contribution in [2.45, 2.75) is 5.92 Å². The topological polar surface area (TPSA) is 41.8 Å². The Morgan fingerprint density at radius 2 is 2.07 bits per heavy atom. The Morgan fingerprint density at radius 3 is 2.73 bits per heavy atom. The molecule has 0 fully saturated rings. The summed E-state index contributed by atoms with van der Waals surface area (Å²) in [4.78, 5) is 2.59. The largest absolute Gasteiger partial charge is 0.361 e. The summed E-state index contributed by atoms with van der Waals surface area (Å²) in [5.74, 6) is -3.88. The lowest BCUT2D eigenvalue weighted by Crippen LogP contribution is -2.24. The Kier molecular flexibility index (Phi) is 2.19. The molecule has 1 heterocycles. The molecular formula is C10H9F3N2. The SMILES string of the molecule is NCC(F)(F)c1c[nH]c2cccc(F)c12. The predicted molar refractivity (Wildman–Crippen MR) is 51.2 cm³/mol.